The molecule has 2 N–H and O–H groups in total. The summed E-state index contributed by atoms with van der Waals surface area (Å²) in [4.78, 5) is 12.6. The molecular formula is C22H34N4O2. The fourth-order valence-electron chi connectivity index (χ4n) is 3.34. The zero-order valence-corrected chi connectivity index (χ0v) is 18.0. The third-order valence-corrected chi connectivity index (χ3v) is 5.16. The fraction of sp³-hybridized carbons (Fsp3) is 0.545. The van der Waals surface area contributed by atoms with E-state index >= 15 is 0 Å². The first-order valence-electron chi connectivity index (χ1n) is 10.0. The minimum atomic E-state index is -0.165. The molecule has 0 saturated carbocycles. The third kappa shape index (κ3) is 5.58. The lowest BCUT2D eigenvalue weighted by Crippen LogP contribution is -2.39. The maximum absolute atomic E-state index is 12.6. The van der Waals surface area contributed by atoms with Gasteiger partial charge < -0.3 is 15.4 Å². The van der Waals surface area contributed by atoms with E-state index in [0.29, 0.717) is 25.6 Å². The standard InChI is InChI=1S/C22H34N4O2/c1-7-18-8-10-19(11-9-18)21(15(2)3)24-22(27)23-14-20-16(4)25-26(17(20)5)12-13-28-6/h8-11,15,21H,7,12-14H2,1-6H3,(H2,23,24,27). The average Bonchev–Trinajstić information content (AvgIpc) is 2.95. The van der Waals surface area contributed by atoms with E-state index in [2.05, 4.69) is 60.8 Å². The van der Waals surface area contributed by atoms with Crippen LogP contribution < -0.4 is 10.6 Å². The number of carbonyl (C=O) groups is 1. The number of aromatic nitrogens is 2. The number of hydrogen-bond acceptors (Lipinski definition) is 3. The van der Waals surface area contributed by atoms with E-state index in [0.717, 1.165) is 28.9 Å². The average molecular weight is 387 g/mol. The van der Waals surface area contributed by atoms with E-state index in [1.54, 1.807) is 7.11 Å². The zero-order chi connectivity index (χ0) is 20.7. The summed E-state index contributed by atoms with van der Waals surface area (Å²) in [6.07, 6.45) is 1.01. The molecule has 1 heterocycles. The van der Waals surface area contributed by atoms with Crippen LogP contribution in [0.2, 0.25) is 0 Å². The van der Waals surface area contributed by atoms with E-state index < -0.39 is 0 Å². The highest BCUT2D eigenvalue weighted by atomic mass is 16.5. The van der Waals surface area contributed by atoms with Gasteiger partial charge in [0.25, 0.3) is 0 Å². The topological polar surface area (TPSA) is 68.2 Å². The first kappa shape index (κ1) is 22.0. The van der Waals surface area contributed by atoms with Crippen LogP contribution in [0.25, 0.3) is 0 Å². The van der Waals surface area contributed by atoms with Gasteiger partial charge in [-0.2, -0.15) is 5.10 Å². The van der Waals surface area contributed by atoms with Gasteiger partial charge in [-0.25, -0.2) is 4.79 Å². The Bertz CT molecular complexity index is 766. The molecular weight excluding hydrogens is 352 g/mol. The van der Waals surface area contributed by atoms with Gasteiger partial charge >= 0.3 is 6.03 Å². The molecule has 2 aromatic rings. The van der Waals surface area contributed by atoms with Crippen molar-refractivity contribution in [2.24, 2.45) is 5.92 Å². The summed E-state index contributed by atoms with van der Waals surface area (Å²) in [6.45, 7) is 12.1. The SMILES string of the molecule is CCc1ccc(C(NC(=O)NCc2c(C)nn(CCOC)c2C)C(C)C)cc1. The van der Waals surface area contributed by atoms with Gasteiger partial charge in [-0.1, -0.05) is 45.0 Å². The molecule has 0 saturated heterocycles. The Morgan fingerprint density at radius 2 is 1.89 bits per heavy atom. The van der Waals surface area contributed by atoms with Crippen LogP contribution in [0.5, 0.6) is 0 Å². The highest BCUT2D eigenvalue weighted by Crippen LogP contribution is 2.22. The van der Waals surface area contributed by atoms with Crippen LogP contribution in [-0.4, -0.2) is 29.5 Å². The van der Waals surface area contributed by atoms with Crippen LogP contribution in [0, 0.1) is 19.8 Å². The van der Waals surface area contributed by atoms with Crippen LogP contribution in [0.3, 0.4) is 0 Å². The number of hydrogen-bond donors (Lipinski definition) is 2. The zero-order valence-electron chi connectivity index (χ0n) is 18.0. The molecule has 28 heavy (non-hydrogen) atoms. The number of nitrogens with zero attached hydrogens (tertiary/aromatic N) is 2. The molecule has 2 amide bonds. The Kier molecular flexibility index (Phi) is 8.05. The Balaban J connectivity index is 2.00. The van der Waals surface area contributed by atoms with Gasteiger partial charge in [-0.05, 0) is 37.3 Å². The van der Waals surface area contributed by atoms with Crippen molar-refractivity contribution in [3.8, 4) is 0 Å². The summed E-state index contributed by atoms with van der Waals surface area (Å²) in [6, 6.07) is 8.28. The molecule has 0 fully saturated rings. The predicted molar refractivity (Wildman–Crippen MR) is 112 cm³/mol. The van der Waals surface area contributed by atoms with Crippen molar-refractivity contribution in [2.75, 3.05) is 13.7 Å². The van der Waals surface area contributed by atoms with Crippen molar-refractivity contribution in [1.82, 2.24) is 20.4 Å². The maximum atomic E-state index is 12.6. The van der Waals surface area contributed by atoms with Crippen LogP contribution in [0.1, 0.15) is 54.9 Å². The minimum absolute atomic E-state index is 0.0301. The minimum Gasteiger partial charge on any atom is -0.383 e. The lowest BCUT2D eigenvalue weighted by Gasteiger charge is -2.23. The monoisotopic (exact) mass is 386 g/mol. The summed E-state index contributed by atoms with van der Waals surface area (Å²) < 4.78 is 7.06. The Morgan fingerprint density at radius 3 is 2.46 bits per heavy atom. The lowest BCUT2D eigenvalue weighted by atomic mass is 9.95. The quantitative estimate of drug-likeness (QED) is 0.687. The van der Waals surface area contributed by atoms with Gasteiger partial charge in [-0.15, -0.1) is 0 Å². The van der Waals surface area contributed by atoms with Gasteiger partial charge in [0.15, 0.2) is 0 Å². The van der Waals surface area contributed by atoms with E-state index in [1.165, 1.54) is 5.56 Å². The first-order valence-corrected chi connectivity index (χ1v) is 10.0. The number of urea groups is 1. The molecule has 0 aliphatic rings. The fourth-order valence-corrected chi connectivity index (χ4v) is 3.34. The summed E-state index contributed by atoms with van der Waals surface area (Å²) in [5.74, 6) is 0.290. The van der Waals surface area contributed by atoms with Crippen LogP contribution >= 0.6 is 0 Å². The van der Waals surface area contributed by atoms with Crippen molar-refractivity contribution < 1.29 is 9.53 Å². The van der Waals surface area contributed by atoms with Gasteiger partial charge in [0.2, 0.25) is 0 Å². The van der Waals surface area contributed by atoms with Crippen LogP contribution in [-0.2, 0) is 24.2 Å². The van der Waals surface area contributed by atoms with Crippen molar-refractivity contribution in [3.05, 3.63) is 52.3 Å². The molecule has 1 unspecified atom stereocenters. The molecule has 0 bridgehead atoms. The van der Waals surface area contributed by atoms with E-state index in [4.69, 9.17) is 4.74 Å². The van der Waals surface area contributed by atoms with Crippen LogP contribution in [0.15, 0.2) is 24.3 Å². The van der Waals surface area contributed by atoms with Crippen LogP contribution in [0.4, 0.5) is 4.79 Å². The predicted octanol–water partition coefficient (Wildman–Crippen LogP) is 3.91. The van der Waals surface area contributed by atoms with Crippen molar-refractivity contribution in [2.45, 2.75) is 60.2 Å². The smallest absolute Gasteiger partial charge is 0.315 e. The molecule has 1 atom stereocenters. The summed E-state index contributed by atoms with van der Waals surface area (Å²) in [5, 5.41) is 10.7. The second-order valence-electron chi connectivity index (χ2n) is 7.51. The molecule has 6 heteroatoms. The number of amides is 2. The Morgan fingerprint density at radius 1 is 1.21 bits per heavy atom. The second kappa shape index (κ2) is 10.3. The van der Waals surface area contributed by atoms with E-state index in [-0.39, 0.29) is 12.1 Å². The number of methoxy groups -OCH3 is 1. The highest BCUT2D eigenvalue weighted by molar-refractivity contribution is 5.74. The molecule has 0 aliphatic carbocycles. The normalized spacial score (nSPS) is 12.2. The highest BCUT2D eigenvalue weighted by Gasteiger charge is 2.19. The molecule has 0 radical (unpaired) electrons. The van der Waals surface area contributed by atoms with Gasteiger partial charge in [0.05, 0.1) is 24.9 Å². The summed E-state index contributed by atoms with van der Waals surface area (Å²) in [5.41, 5.74) is 5.48. The molecule has 6 nitrogen and oxygen atoms in total. The Labute approximate surface area is 168 Å². The molecule has 0 spiro atoms. The number of carbonyl (C=O) groups excluding carboxylic acids is 1. The number of ether oxygens (including phenoxy) is 1. The van der Waals surface area contributed by atoms with Crippen molar-refractivity contribution in [1.29, 1.82) is 0 Å². The third-order valence-electron chi connectivity index (χ3n) is 5.16. The number of benzene rings is 1. The largest absolute Gasteiger partial charge is 0.383 e. The number of rotatable bonds is 9. The van der Waals surface area contributed by atoms with Gasteiger partial charge in [-0.3, -0.25) is 4.68 Å². The number of nitrogens with one attached hydrogen (secondary N) is 2. The van der Waals surface area contributed by atoms with E-state index in [1.807, 2.05) is 18.5 Å². The molecule has 154 valence electrons. The molecule has 0 aliphatic heterocycles. The first-order chi connectivity index (χ1) is 13.4. The van der Waals surface area contributed by atoms with Gasteiger partial charge in [0.1, 0.15) is 0 Å². The molecule has 2 rings (SSSR count). The van der Waals surface area contributed by atoms with Gasteiger partial charge in [0, 0.05) is 24.9 Å². The summed E-state index contributed by atoms with van der Waals surface area (Å²) >= 11 is 0. The summed E-state index contributed by atoms with van der Waals surface area (Å²) in [7, 11) is 1.68. The lowest BCUT2D eigenvalue weighted by molar-refractivity contribution is 0.182. The number of aryl methyl sites for hydroxylation is 2. The second-order valence-corrected chi connectivity index (χ2v) is 7.51. The Hall–Kier alpha value is -2.34. The van der Waals surface area contributed by atoms with Crippen molar-refractivity contribution in [3.63, 3.8) is 0 Å². The van der Waals surface area contributed by atoms with E-state index in [9.17, 15) is 4.79 Å². The van der Waals surface area contributed by atoms with Crippen molar-refractivity contribution >= 4 is 6.03 Å². The maximum Gasteiger partial charge on any atom is 0.315 e. The molecule has 1 aromatic carbocycles. The molecule has 1 aromatic heterocycles.